The molecule has 1 N–H and O–H groups in total. The van der Waals surface area contributed by atoms with E-state index < -0.39 is 17.6 Å². The second-order valence-corrected chi connectivity index (χ2v) is 10.1. The van der Waals surface area contributed by atoms with E-state index in [0.717, 1.165) is 6.42 Å². The minimum absolute atomic E-state index is 0.00492. The number of aromatic nitrogens is 4. The Hall–Kier alpha value is -4.41. The van der Waals surface area contributed by atoms with Crippen LogP contribution in [0.5, 0.6) is 5.88 Å². The number of carboxylic acid groups (broad SMARTS) is 1. The lowest BCUT2D eigenvalue weighted by Gasteiger charge is -2.27. The van der Waals surface area contributed by atoms with Gasteiger partial charge in [0.2, 0.25) is 5.88 Å². The molecule has 5 aromatic rings. The maximum absolute atomic E-state index is 15.4. The minimum Gasteiger partial charge on any atom is -0.478 e. The van der Waals surface area contributed by atoms with E-state index in [2.05, 4.69) is 15.0 Å². The molecule has 0 amide bonds. The summed E-state index contributed by atoms with van der Waals surface area (Å²) in [6, 6.07) is 15.3. The van der Waals surface area contributed by atoms with E-state index in [0.29, 0.717) is 46.7 Å². The molecule has 1 aliphatic heterocycles. The van der Waals surface area contributed by atoms with E-state index in [1.807, 2.05) is 4.57 Å². The molecule has 0 unspecified atom stereocenters. The highest BCUT2D eigenvalue weighted by Gasteiger charge is 2.23. The number of rotatable bonds is 9. The summed E-state index contributed by atoms with van der Waals surface area (Å²) in [4.78, 5) is 24.8. The van der Waals surface area contributed by atoms with Gasteiger partial charge >= 0.3 is 5.97 Å². The molecular weight excluding hydrogens is 554 g/mol. The predicted octanol–water partition coefficient (Wildman–Crippen LogP) is 6.08. The predicted molar refractivity (Wildman–Crippen MR) is 147 cm³/mol. The first-order valence-corrected chi connectivity index (χ1v) is 13.2. The van der Waals surface area contributed by atoms with Crippen LogP contribution < -0.4 is 4.74 Å². The van der Waals surface area contributed by atoms with Gasteiger partial charge < -0.3 is 19.1 Å². The molecule has 41 heavy (non-hydrogen) atoms. The molecule has 3 heterocycles. The number of carboxylic acids is 1. The minimum atomic E-state index is -1.03. The highest BCUT2D eigenvalue weighted by Crippen LogP contribution is 2.26. The van der Waals surface area contributed by atoms with Crippen LogP contribution in [-0.2, 0) is 24.3 Å². The Balaban J connectivity index is 1.24. The van der Waals surface area contributed by atoms with Crippen molar-refractivity contribution < 1.29 is 28.2 Å². The van der Waals surface area contributed by atoms with Crippen LogP contribution in [0.3, 0.4) is 0 Å². The summed E-state index contributed by atoms with van der Waals surface area (Å²) >= 11 is 5.80. The summed E-state index contributed by atoms with van der Waals surface area (Å²) < 4.78 is 42.6. The molecule has 8 nitrogen and oxygen atoms in total. The van der Waals surface area contributed by atoms with Crippen LogP contribution in [0.25, 0.3) is 22.4 Å². The number of nitrogens with zero attached hydrogens (tertiary/aromatic N) is 4. The smallest absolute Gasteiger partial charge is 0.335 e. The number of carbonyl (C=O) groups is 1. The number of ether oxygens (including phenoxy) is 2. The Bertz CT molecular complexity index is 1770. The van der Waals surface area contributed by atoms with Gasteiger partial charge in [-0.2, -0.15) is 4.98 Å². The molecule has 3 aromatic carbocycles. The number of hydrogen-bond acceptors (Lipinski definition) is 6. The number of benzene rings is 3. The maximum Gasteiger partial charge on any atom is 0.335 e. The van der Waals surface area contributed by atoms with Crippen molar-refractivity contribution in [3.05, 3.63) is 106 Å². The van der Waals surface area contributed by atoms with Crippen LogP contribution in [0.15, 0.2) is 66.9 Å². The number of fused-ring (bicyclic) bond motifs is 1. The molecule has 208 valence electrons. The van der Waals surface area contributed by atoms with Crippen molar-refractivity contribution in [2.75, 3.05) is 6.61 Å². The third-order valence-corrected chi connectivity index (χ3v) is 7.17. The molecule has 0 saturated carbocycles. The van der Waals surface area contributed by atoms with Gasteiger partial charge in [-0.3, -0.25) is 0 Å². The number of aromatic carboxylic acids is 1. The third kappa shape index (κ3) is 5.75. The highest BCUT2D eigenvalue weighted by atomic mass is 35.5. The summed E-state index contributed by atoms with van der Waals surface area (Å²) in [6.45, 7) is 1.11. The monoisotopic (exact) mass is 576 g/mol. The molecular formula is C30H23ClF2N4O4. The summed E-state index contributed by atoms with van der Waals surface area (Å²) in [7, 11) is 0. The van der Waals surface area contributed by atoms with Crippen molar-refractivity contribution in [2.24, 2.45) is 0 Å². The van der Waals surface area contributed by atoms with Crippen molar-refractivity contribution in [3.8, 4) is 17.3 Å². The van der Waals surface area contributed by atoms with E-state index in [9.17, 15) is 14.3 Å². The quantitative estimate of drug-likeness (QED) is 0.227. The van der Waals surface area contributed by atoms with Gasteiger partial charge in [0, 0.05) is 41.4 Å². The van der Waals surface area contributed by atoms with Gasteiger partial charge in [-0.15, -0.1) is 0 Å². The molecule has 1 aliphatic rings. The molecule has 0 radical (unpaired) electrons. The molecule has 1 fully saturated rings. The van der Waals surface area contributed by atoms with Gasteiger partial charge in [0.1, 0.15) is 24.1 Å². The van der Waals surface area contributed by atoms with Crippen LogP contribution in [-0.4, -0.2) is 43.3 Å². The first kappa shape index (κ1) is 26.8. The van der Waals surface area contributed by atoms with E-state index in [1.165, 1.54) is 36.5 Å². The van der Waals surface area contributed by atoms with Crippen molar-refractivity contribution in [3.63, 3.8) is 0 Å². The van der Waals surface area contributed by atoms with Crippen LogP contribution in [0, 0.1) is 11.6 Å². The Morgan fingerprint density at radius 3 is 2.59 bits per heavy atom. The maximum atomic E-state index is 15.4. The van der Waals surface area contributed by atoms with Crippen LogP contribution in [0.2, 0.25) is 5.02 Å². The number of hydrogen-bond donors (Lipinski definition) is 1. The zero-order valence-corrected chi connectivity index (χ0v) is 22.3. The lowest BCUT2D eigenvalue weighted by molar-refractivity contribution is -0.0589. The van der Waals surface area contributed by atoms with Gasteiger partial charge in [0.15, 0.2) is 5.82 Å². The topological polar surface area (TPSA) is 99.4 Å². The zero-order chi connectivity index (χ0) is 28.5. The molecule has 0 aliphatic carbocycles. The summed E-state index contributed by atoms with van der Waals surface area (Å²) in [5.41, 5.74) is 2.61. The van der Waals surface area contributed by atoms with Crippen LogP contribution in [0.1, 0.15) is 33.7 Å². The third-order valence-electron chi connectivity index (χ3n) is 6.93. The van der Waals surface area contributed by atoms with E-state index >= 15 is 4.39 Å². The second-order valence-electron chi connectivity index (χ2n) is 9.65. The Kier molecular flexibility index (Phi) is 7.34. The van der Waals surface area contributed by atoms with Crippen molar-refractivity contribution in [2.45, 2.75) is 32.1 Å². The standard InChI is InChI=1S/C30H23ClF2N4O4/c31-21-5-3-20(24(33)14-21)16-41-28-7-9-34-29(36-28)18-2-1-17(23(32)11-18)13-27-35-25-6-4-19(30(38)39)12-26(25)37(27)15-22-8-10-40-22/h1-7,9,11-12,14,22H,8,10,13,15-16H2,(H,38,39)/t22-/m0/s1. The van der Waals surface area contributed by atoms with Gasteiger partial charge in [-0.1, -0.05) is 29.8 Å². The summed E-state index contributed by atoms with van der Waals surface area (Å²) in [5.74, 6) is -0.921. The molecule has 2 aromatic heterocycles. The largest absolute Gasteiger partial charge is 0.478 e. The fraction of sp³-hybridized carbons (Fsp3) is 0.200. The normalized spacial score (nSPS) is 14.7. The van der Waals surface area contributed by atoms with Crippen molar-refractivity contribution in [1.82, 2.24) is 19.5 Å². The molecule has 0 spiro atoms. The van der Waals surface area contributed by atoms with Gasteiger partial charge in [0.25, 0.3) is 0 Å². The molecule has 1 saturated heterocycles. The summed E-state index contributed by atoms with van der Waals surface area (Å²) in [5, 5.41) is 9.74. The lowest BCUT2D eigenvalue weighted by atomic mass is 10.1. The molecule has 0 bridgehead atoms. The van der Waals surface area contributed by atoms with Gasteiger partial charge in [-0.25, -0.2) is 23.5 Å². The second kappa shape index (κ2) is 11.2. The Labute approximate surface area is 238 Å². The van der Waals surface area contributed by atoms with Crippen LogP contribution in [0.4, 0.5) is 8.78 Å². The van der Waals surface area contributed by atoms with Crippen molar-refractivity contribution in [1.29, 1.82) is 0 Å². The Morgan fingerprint density at radius 2 is 1.85 bits per heavy atom. The SMILES string of the molecule is O=C(O)c1ccc2nc(Cc3ccc(-c4nccc(OCc5ccc(Cl)cc5F)n4)cc3F)n(C[C@@H]3CCO3)c2c1. The van der Waals surface area contributed by atoms with E-state index in [4.69, 9.17) is 21.1 Å². The average molecular weight is 577 g/mol. The average Bonchev–Trinajstić information content (AvgIpc) is 3.27. The molecule has 11 heteroatoms. The lowest BCUT2D eigenvalue weighted by Crippen LogP contribution is -2.31. The number of halogens is 3. The Morgan fingerprint density at radius 1 is 1.05 bits per heavy atom. The van der Waals surface area contributed by atoms with E-state index in [-0.39, 0.29) is 41.4 Å². The first-order valence-electron chi connectivity index (χ1n) is 12.9. The van der Waals surface area contributed by atoms with Crippen LogP contribution >= 0.6 is 11.6 Å². The van der Waals surface area contributed by atoms with E-state index in [1.54, 1.807) is 30.3 Å². The van der Waals surface area contributed by atoms with Gasteiger partial charge in [-0.05, 0) is 48.4 Å². The number of imidazole rings is 1. The first-order chi connectivity index (χ1) is 19.8. The van der Waals surface area contributed by atoms with Gasteiger partial charge in [0.05, 0.1) is 29.2 Å². The molecule has 1 atom stereocenters. The van der Waals surface area contributed by atoms with Crippen molar-refractivity contribution >= 4 is 28.6 Å². The highest BCUT2D eigenvalue weighted by molar-refractivity contribution is 6.30. The fourth-order valence-corrected chi connectivity index (χ4v) is 4.79. The molecule has 6 rings (SSSR count). The summed E-state index contributed by atoms with van der Waals surface area (Å²) in [6.07, 6.45) is 2.55. The fourth-order valence-electron chi connectivity index (χ4n) is 4.63. The zero-order valence-electron chi connectivity index (χ0n) is 21.6.